The van der Waals surface area contributed by atoms with Gasteiger partial charge in [0.15, 0.2) is 24.6 Å². The largest absolute Gasteiger partial charge is 0.497 e. The van der Waals surface area contributed by atoms with Crippen LogP contribution in [0.15, 0.2) is 78.9 Å². The summed E-state index contributed by atoms with van der Waals surface area (Å²) in [5.74, 6) is -2.38. The van der Waals surface area contributed by atoms with Crippen LogP contribution in [0.4, 0.5) is 0 Å². The molecule has 0 aromatic heterocycles. The number of rotatable bonds is 15. The average molecular weight is 681 g/mol. The Labute approximate surface area is 283 Å². The lowest BCUT2D eigenvalue weighted by Gasteiger charge is -2.45. The maximum Gasteiger partial charge on any atom is 0.306 e. The van der Waals surface area contributed by atoms with Crippen LogP contribution in [0.5, 0.6) is 11.5 Å². The molecule has 0 spiro atoms. The van der Waals surface area contributed by atoms with Crippen LogP contribution in [0.3, 0.4) is 0 Å². The van der Waals surface area contributed by atoms with Crippen molar-refractivity contribution in [1.29, 1.82) is 0 Å². The van der Waals surface area contributed by atoms with Crippen molar-refractivity contribution in [3.8, 4) is 11.5 Å². The zero-order valence-corrected chi connectivity index (χ0v) is 27.9. The molecular formula is C36H40O13. The number of esters is 3. The molecule has 0 unspecified atom stereocenters. The van der Waals surface area contributed by atoms with Gasteiger partial charge in [-0.15, -0.1) is 0 Å². The molecule has 1 aliphatic rings. The van der Waals surface area contributed by atoms with Crippen LogP contribution in [-0.4, -0.2) is 87.6 Å². The minimum Gasteiger partial charge on any atom is -0.497 e. The predicted octanol–water partition coefficient (Wildman–Crippen LogP) is 4.02. The number of methoxy groups -OCH3 is 3. The van der Waals surface area contributed by atoms with Crippen molar-refractivity contribution in [3.05, 3.63) is 95.6 Å². The van der Waals surface area contributed by atoms with Crippen molar-refractivity contribution in [1.82, 2.24) is 0 Å². The van der Waals surface area contributed by atoms with E-state index < -0.39 is 73.0 Å². The number of ether oxygens (including phenoxy) is 8. The van der Waals surface area contributed by atoms with Crippen molar-refractivity contribution in [3.63, 3.8) is 0 Å². The Morgan fingerprint density at radius 3 is 1.65 bits per heavy atom. The molecule has 0 bridgehead atoms. The van der Waals surface area contributed by atoms with Gasteiger partial charge in [-0.25, -0.2) is 0 Å². The third-order valence-electron chi connectivity index (χ3n) is 7.88. The fraction of sp³-hybridized carbons (Fsp3) is 0.389. The number of hydrogen-bond acceptors (Lipinski definition) is 12. The maximum absolute atomic E-state index is 13.0. The SMILES string of the molecule is COc1ccc(C(OC[C@H]2O[C@H](OC)[C@H](OC(C)=O)[C@@H](OC(C)=O)[C@@H]2OC(=O)CCC(=O)O)(c2ccccc2)c2ccc(OC)cc2)cc1. The maximum atomic E-state index is 13.0. The van der Waals surface area contributed by atoms with Gasteiger partial charge in [-0.3, -0.25) is 19.2 Å². The molecule has 13 heteroatoms. The molecule has 0 aliphatic carbocycles. The molecule has 1 N–H and O–H groups in total. The van der Waals surface area contributed by atoms with Crippen LogP contribution in [0.1, 0.15) is 43.4 Å². The van der Waals surface area contributed by atoms with Crippen LogP contribution in [0.2, 0.25) is 0 Å². The van der Waals surface area contributed by atoms with Crippen molar-refractivity contribution < 1.29 is 62.2 Å². The number of carbonyl (C=O) groups excluding carboxylic acids is 3. The topological polar surface area (TPSA) is 162 Å². The molecule has 0 radical (unpaired) electrons. The van der Waals surface area contributed by atoms with Gasteiger partial charge in [0.05, 0.1) is 33.7 Å². The summed E-state index contributed by atoms with van der Waals surface area (Å²) in [5.41, 5.74) is 0.822. The van der Waals surface area contributed by atoms with Gasteiger partial charge in [-0.05, 0) is 41.0 Å². The Morgan fingerprint density at radius 2 is 1.18 bits per heavy atom. The molecule has 1 fully saturated rings. The highest BCUT2D eigenvalue weighted by molar-refractivity contribution is 5.76. The monoisotopic (exact) mass is 680 g/mol. The molecule has 0 amide bonds. The Balaban J connectivity index is 1.85. The predicted molar refractivity (Wildman–Crippen MR) is 172 cm³/mol. The van der Waals surface area contributed by atoms with E-state index >= 15 is 0 Å². The number of hydrogen-bond donors (Lipinski definition) is 1. The molecule has 13 nitrogen and oxygen atoms in total. The summed E-state index contributed by atoms with van der Waals surface area (Å²) in [6, 6.07) is 24.0. The molecule has 1 saturated heterocycles. The Kier molecular flexibility index (Phi) is 12.7. The van der Waals surface area contributed by atoms with E-state index in [-0.39, 0.29) is 6.61 Å². The number of carboxylic acid groups (broad SMARTS) is 1. The van der Waals surface area contributed by atoms with E-state index in [1.54, 1.807) is 38.5 Å². The average Bonchev–Trinajstić information content (AvgIpc) is 3.10. The standard InChI is InChI=1S/C36H40O13/c1-22(37)46-33-32(49-31(41)20-19-30(39)40)29(48-35(44-5)34(33)47-23(2)38)21-45-36(24-9-7-6-8-10-24,25-11-15-27(42-3)16-12-25)26-13-17-28(43-4)18-14-26/h6-18,29,32-35H,19-21H2,1-5H3,(H,39,40)/t29-,32-,33+,34-,35+/m1/s1. The summed E-state index contributed by atoms with van der Waals surface area (Å²) in [6.45, 7) is 2.00. The summed E-state index contributed by atoms with van der Waals surface area (Å²) in [7, 11) is 4.44. The van der Waals surface area contributed by atoms with Crippen molar-refractivity contribution in [2.75, 3.05) is 27.9 Å². The van der Waals surface area contributed by atoms with E-state index in [1.165, 1.54) is 7.11 Å². The molecule has 1 aliphatic heterocycles. The van der Waals surface area contributed by atoms with Crippen molar-refractivity contribution >= 4 is 23.9 Å². The minimum absolute atomic E-state index is 0.297. The third-order valence-corrected chi connectivity index (χ3v) is 7.88. The fourth-order valence-corrected chi connectivity index (χ4v) is 5.69. The van der Waals surface area contributed by atoms with Gasteiger partial charge >= 0.3 is 23.9 Å². The number of aliphatic carboxylic acids is 1. The lowest BCUT2D eigenvalue weighted by molar-refractivity contribution is -0.306. The second-order valence-corrected chi connectivity index (χ2v) is 11.1. The summed E-state index contributed by atoms with van der Waals surface area (Å²) in [4.78, 5) is 48.7. The van der Waals surface area contributed by atoms with Gasteiger partial charge in [0.1, 0.15) is 23.2 Å². The summed E-state index contributed by atoms with van der Waals surface area (Å²) in [5, 5.41) is 9.15. The molecule has 49 heavy (non-hydrogen) atoms. The lowest BCUT2D eigenvalue weighted by Crippen LogP contribution is -2.63. The van der Waals surface area contributed by atoms with E-state index in [0.29, 0.717) is 22.6 Å². The van der Waals surface area contributed by atoms with Crippen LogP contribution < -0.4 is 9.47 Å². The van der Waals surface area contributed by atoms with Gasteiger partial charge in [-0.2, -0.15) is 0 Å². The smallest absolute Gasteiger partial charge is 0.306 e. The highest BCUT2D eigenvalue weighted by Gasteiger charge is 2.53. The molecule has 3 aromatic rings. The van der Waals surface area contributed by atoms with E-state index in [4.69, 9.17) is 43.0 Å². The van der Waals surface area contributed by atoms with Crippen LogP contribution >= 0.6 is 0 Å². The second-order valence-electron chi connectivity index (χ2n) is 11.1. The third kappa shape index (κ3) is 8.93. The van der Waals surface area contributed by atoms with Gasteiger partial charge in [0.25, 0.3) is 0 Å². The van der Waals surface area contributed by atoms with Gasteiger partial charge < -0.3 is 43.0 Å². The van der Waals surface area contributed by atoms with Gasteiger partial charge in [-0.1, -0.05) is 54.6 Å². The van der Waals surface area contributed by atoms with Gasteiger partial charge in [0, 0.05) is 21.0 Å². The summed E-state index contributed by atoms with van der Waals surface area (Å²) in [6.07, 6.45) is -7.62. The molecule has 262 valence electrons. The Bertz CT molecular complexity index is 1510. The van der Waals surface area contributed by atoms with Crippen molar-refractivity contribution in [2.45, 2.75) is 63.0 Å². The number of carboxylic acids is 1. The Morgan fingerprint density at radius 1 is 0.673 bits per heavy atom. The number of carbonyl (C=O) groups is 4. The van der Waals surface area contributed by atoms with E-state index in [0.717, 1.165) is 19.4 Å². The van der Waals surface area contributed by atoms with Crippen molar-refractivity contribution in [2.24, 2.45) is 0 Å². The van der Waals surface area contributed by atoms with Crippen LogP contribution in [-0.2, 0) is 53.2 Å². The molecule has 1 heterocycles. The highest BCUT2D eigenvalue weighted by atomic mass is 16.7. The van der Waals surface area contributed by atoms with Gasteiger partial charge in [0.2, 0.25) is 0 Å². The molecule has 0 saturated carbocycles. The second kappa shape index (κ2) is 16.9. The molecule has 4 rings (SSSR count). The molecule has 5 atom stereocenters. The zero-order chi connectivity index (χ0) is 35.6. The first-order valence-corrected chi connectivity index (χ1v) is 15.4. The van der Waals surface area contributed by atoms with Crippen LogP contribution in [0.25, 0.3) is 0 Å². The minimum atomic E-state index is -1.42. The molecule has 3 aromatic carbocycles. The van der Waals surface area contributed by atoms with Crippen LogP contribution in [0, 0.1) is 0 Å². The first kappa shape index (κ1) is 36.8. The summed E-state index contributed by atoms with van der Waals surface area (Å²) < 4.78 is 46.3. The Hall–Kier alpha value is -4.98. The summed E-state index contributed by atoms with van der Waals surface area (Å²) >= 11 is 0. The van der Waals surface area contributed by atoms with E-state index in [9.17, 15) is 19.2 Å². The fourth-order valence-electron chi connectivity index (χ4n) is 5.69. The lowest BCUT2D eigenvalue weighted by atomic mass is 9.80. The first-order chi connectivity index (χ1) is 23.5. The van der Waals surface area contributed by atoms with E-state index in [1.807, 2.05) is 54.6 Å². The van der Waals surface area contributed by atoms with E-state index in [2.05, 4.69) is 0 Å². The number of benzene rings is 3. The normalized spacial score (nSPS) is 20.5. The first-order valence-electron chi connectivity index (χ1n) is 15.4. The quantitative estimate of drug-likeness (QED) is 0.139. The highest BCUT2D eigenvalue weighted by Crippen LogP contribution is 2.42. The molecular weight excluding hydrogens is 640 g/mol. The zero-order valence-electron chi connectivity index (χ0n) is 27.9.